The minimum atomic E-state index is -0.702. The molecule has 1 amide bonds. The zero-order valence-corrected chi connectivity index (χ0v) is 15.3. The van der Waals surface area contributed by atoms with E-state index in [9.17, 15) is 14.4 Å². The van der Waals surface area contributed by atoms with Crippen LogP contribution in [-0.2, 0) is 20.8 Å². The second-order valence-electron chi connectivity index (χ2n) is 5.20. The molecule has 0 radical (unpaired) electrons. The molecule has 0 aliphatic carbocycles. The topological polar surface area (TPSA) is 81.7 Å². The van der Waals surface area contributed by atoms with Crippen LogP contribution in [0.15, 0.2) is 42.5 Å². The summed E-state index contributed by atoms with van der Waals surface area (Å²) in [5.74, 6) is -1.61. The van der Waals surface area contributed by atoms with Crippen LogP contribution in [0.25, 0.3) is 0 Å². The number of halogens is 2. The van der Waals surface area contributed by atoms with E-state index >= 15 is 0 Å². The van der Waals surface area contributed by atoms with Crippen LogP contribution in [0, 0.1) is 0 Å². The van der Waals surface area contributed by atoms with Crippen LogP contribution in [0.2, 0.25) is 10.0 Å². The molecule has 2 aromatic rings. The highest BCUT2D eigenvalue weighted by molar-refractivity contribution is 6.35. The molecule has 0 bridgehead atoms. The summed E-state index contributed by atoms with van der Waals surface area (Å²) in [5, 5.41) is 3.20. The third kappa shape index (κ3) is 5.75. The summed E-state index contributed by atoms with van der Waals surface area (Å²) in [5.41, 5.74) is 1.35. The van der Waals surface area contributed by atoms with Crippen LogP contribution in [0.1, 0.15) is 26.3 Å². The molecule has 2 aromatic carbocycles. The predicted octanol–water partition coefficient (Wildman–Crippen LogP) is 3.25. The van der Waals surface area contributed by atoms with Gasteiger partial charge in [0.15, 0.2) is 6.61 Å². The number of methoxy groups -OCH3 is 1. The summed E-state index contributed by atoms with van der Waals surface area (Å²) in [4.78, 5) is 35.0. The first kappa shape index (κ1) is 19.8. The zero-order valence-electron chi connectivity index (χ0n) is 13.8. The second-order valence-corrected chi connectivity index (χ2v) is 6.07. The smallest absolute Gasteiger partial charge is 0.338 e. The summed E-state index contributed by atoms with van der Waals surface area (Å²) in [6, 6.07) is 10.8. The molecule has 0 unspecified atom stereocenters. The average molecular weight is 396 g/mol. The molecular formula is C18H15Cl2NO5. The number of rotatable bonds is 6. The van der Waals surface area contributed by atoms with Gasteiger partial charge in [0.05, 0.1) is 18.2 Å². The molecule has 1 N–H and O–H groups in total. The van der Waals surface area contributed by atoms with Gasteiger partial charge in [-0.3, -0.25) is 4.79 Å². The van der Waals surface area contributed by atoms with E-state index in [0.29, 0.717) is 15.6 Å². The van der Waals surface area contributed by atoms with Crippen molar-refractivity contribution in [1.82, 2.24) is 5.32 Å². The van der Waals surface area contributed by atoms with Gasteiger partial charge in [-0.2, -0.15) is 0 Å². The zero-order chi connectivity index (χ0) is 19.1. The van der Waals surface area contributed by atoms with E-state index in [1.165, 1.54) is 25.3 Å². The fraction of sp³-hybridized carbons (Fsp3) is 0.167. The Hall–Kier alpha value is -2.57. The van der Waals surface area contributed by atoms with E-state index in [2.05, 4.69) is 10.1 Å². The number of ether oxygens (including phenoxy) is 2. The van der Waals surface area contributed by atoms with E-state index in [-0.39, 0.29) is 12.1 Å². The number of hydrogen-bond acceptors (Lipinski definition) is 5. The number of carbonyl (C=O) groups excluding carboxylic acids is 3. The number of nitrogens with one attached hydrogen (secondary N) is 1. The Labute approximate surface area is 160 Å². The molecule has 0 aliphatic heterocycles. The molecule has 0 heterocycles. The fourth-order valence-corrected chi connectivity index (χ4v) is 2.54. The van der Waals surface area contributed by atoms with E-state index in [1.54, 1.807) is 24.3 Å². The Kier molecular flexibility index (Phi) is 7.00. The molecule has 0 atom stereocenters. The summed E-state index contributed by atoms with van der Waals surface area (Å²) in [6.07, 6.45) is 0. The summed E-state index contributed by atoms with van der Waals surface area (Å²) in [7, 11) is 1.30. The number of benzene rings is 2. The lowest BCUT2D eigenvalue weighted by Gasteiger charge is -2.08. The Balaban J connectivity index is 1.81. The largest absolute Gasteiger partial charge is 0.465 e. The Morgan fingerprint density at radius 1 is 0.923 bits per heavy atom. The minimum Gasteiger partial charge on any atom is -0.465 e. The fourth-order valence-electron chi connectivity index (χ4n) is 2.01. The first-order valence-corrected chi connectivity index (χ1v) is 8.22. The first-order valence-electron chi connectivity index (χ1n) is 7.46. The summed E-state index contributed by atoms with van der Waals surface area (Å²) < 4.78 is 9.53. The maximum absolute atomic E-state index is 11.9. The molecule has 0 fully saturated rings. The van der Waals surface area contributed by atoms with Crippen molar-refractivity contribution in [2.45, 2.75) is 6.54 Å². The highest BCUT2D eigenvalue weighted by Gasteiger charge is 2.12. The van der Waals surface area contributed by atoms with Crippen molar-refractivity contribution in [3.8, 4) is 0 Å². The molecule has 2 rings (SSSR count). The van der Waals surface area contributed by atoms with Crippen LogP contribution in [-0.4, -0.2) is 31.6 Å². The van der Waals surface area contributed by atoms with Gasteiger partial charge in [0, 0.05) is 16.6 Å². The predicted molar refractivity (Wildman–Crippen MR) is 96.4 cm³/mol. The number of esters is 2. The summed E-state index contributed by atoms with van der Waals surface area (Å²) >= 11 is 11.6. The molecule has 0 aliphatic rings. The van der Waals surface area contributed by atoms with Crippen LogP contribution in [0.3, 0.4) is 0 Å². The third-order valence-corrected chi connectivity index (χ3v) is 3.73. The Morgan fingerprint density at radius 3 is 2.12 bits per heavy atom. The molecule has 0 spiro atoms. The monoisotopic (exact) mass is 395 g/mol. The molecule has 0 saturated heterocycles. The summed E-state index contributed by atoms with van der Waals surface area (Å²) in [6.45, 7) is -0.218. The molecule has 6 nitrogen and oxygen atoms in total. The van der Waals surface area contributed by atoms with Gasteiger partial charge >= 0.3 is 11.9 Å². The Bertz CT molecular complexity index is 801. The van der Waals surface area contributed by atoms with Crippen molar-refractivity contribution in [2.24, 2.45) is 0 Å². The highest BCUT2D eigenvalue weighted by Crippen LogP contribution is 2.19. The van der Waals surface area contributed by atoms with E-state index in [1.807, 2.05) is 0 Å². The van der Waals surface area contributed by atoms with Gasteiger partial charge in [-0.1, -0.05) is 35.3 Å². The van der Waals surface area contributed by atoms with E-state index < -0.39 is 24.5 Å². The molecule has 0 saturated carbocycles. The molecule has 0 aromatic heterocycles. The SMILES string of the molecule is COC(=O)c1ccc(CNC(=O)COC(=O)c2cc(Cl)cc(Cl)c2)cc1. The lowest BCUT2D eigenvalue weighted by molar-refractivity contribution is -0.124. The van der Waals surface area contributed by atoms with Crippen LogP contribution in [0.5, 0.6) is 0 Å². The van der Waals surface area contributed by atoms with Crippen molar-refractivity contribution in [3.05, 3.63) is 69.2 Å². The van der Waals surface area contributed by atoms with Gasteiger partial charge in [0.25, 0.3) is 5.91 Å². The molecule has 8 heteroatoms. The highest BCUT2D eigenvalue weighted by atomic mass is 35.5. The normalized spacial score (nSPS) is 10.1. The van der Waals surface area contributed by atoms with Crippen molar-refractivity contribution in [2.75, 3.05) is 13.7 Å². The van der Waals surface area contributed by atoms with Crippen molar-refractivity contribution < 1.29 is 23.9 Å². The Morgan fingerprint density at radius 2 is 1.54 bits per heavy atom. The first-order chi connectivity index (χ1) is 12.4. The van der Waals surface area contributed by atoms with E-state index in [0.717, 1.165) is 5.56 Å². The lowest BCUT2D eigenvalue weighted by Crippen LogP contribution is -2.28. The lowest BCUT2D eigenvalue weighted by atomic mass is 10.1. The second kappa shape index (κ2) is 9.22. The van der Waals surface area contributed by atoms with Crippen molar-refractivity contribution in [1.29, 1.82) is 0 Å². The minimum absolute atomic E-state index is 0.161. The molecular weight excluding hydrogens is 381 g/mol. The van der Waals surface area contributed by atoms with Gasteiger partial charge in [-0.25, -0.2) is 9.59 Å². The maximum atomic E-state index is 11.9. The van der Waals surface area contributed by atoms with Crippen molar-refractivity contribution in [3.63, 3.8) is 0 Å². The molecule has 136 valence electrons. The van der Waals surface area contributed by atoms with Crippen LogP contribution in [0.4, 0.5) is 0 Å². The van der Waals surface area contributed by atoms with Gasteiger partial charge in [-0.05, 0) is 35.9 Å². The van der Waals surface area contributed by atoms with E-state index in [4.69, 9.17) is 27.9 Å². The number of amides is 1. The van der Waals surface area contributed by atoms with Gasteiger partial charge in [-0.15, -0.1) is 0 Å². The standard InChI is InChI=1S/C18H15Cl2NO5/c1-25-17(23)12-4-2-11(3-5-12)9-21-16(22)10-26-18(24)13-6-14(19)8-15(20)7-13/h2-8H,9-10H2,1H3,(H,21,22). The quantitative estimate of drug-likeness (QED) is 0.759. The molecule has 26 heavy (non-hydrogen) atoms. The van der Waals surface area contributed by atoms with Gasteiger partial charge < -0.3 is 14.8 Å². The van der Waals surface area contributed by atoms with Gasteiger partial charge in [0.1, 0.15) is 0 Å². The van der Waals surface area contributed by atoms with Crippen LogP contribution >= 0.6 is 23.2 Å². The number of carbonyl (C=O) groups is 3. The van der Waals surface area contributed by atoms with Crippen LogP contribution < -0.4 is 5.32 Å². The van der Waals surface area contributed by atoms with Gasteiger partial charge in [0.2, 0.25) is 0 Å². The third-order valence-electron chi connectivity index (χ3n) is 3.30. The average Bonchev–Trinajstić information content (AvgIpc) is 2.63. The number of hydrogen-bond donors (Lipinski definition) is 1. The van der Waals surface area contributed by atoms with Crippen molar-refractivity contribution >= 4 is 41.0 Å². The maximum Gasteiger partial charge on any atom is 0.338 e.